The predicted octanol–water partition coefficient (Wildman–Crippen LogP) is 4.73. The second-order valence-electron chi connectivity index (χ2n) is 9.76. The second-order valence-corrected chi connectivity index (χ2v) is 15.4. The summed E-state index contributed by atoms with van der Waals surface area (Å²) in [4.78, 5) is 25.4. The van der Waals surface area contributed by atoms with Crippen molar-refractivity contribution in [2.24, 2.45) is 11.3 Å². The number of rotatable bonds is 9. The Morgan fingerprint density at radius 1 is 1.32 bits per heavy atom. The normalized spacial score (nSPS) is 28.3. The Balaban J connectivity index is 2.06. The number of Topliss-reactive ketones (excluding diaryl/α,β-unsaturated/α-hetero) is 1. The quantitative estimate of drug-likeness (QED) is 0.181. The van der Waals surface area contributed by atoms with Gasteiger partial charge in [-0.25, -0.2) is 0 Å². The molecule has 0 N–H and O–H groups in total. The van der Waals surface area contributed by atoms with Crippen LogP contribution in [-0.2, 0) is 23.8 Å². The van der Waals surface area contributed by atoms with E-state index in [1.54, 1.807) is 6.92 Å². The van der Waals surface area contributed by atoms with E-state index in [1.807, 2.05) is 0 Å². The standard InChI is InChI=1S/C22H38O5Si/c1-6-26-19(23)14-18-10-9-17-8-7-11-22(2,15-17)21(20(18)24)27-16-25-12-13-28(3,4)5/h8,18,21H,6-7,9-16H2,1-5H3/t18-,21-,22+/m0/s1. The van der Waals surface area contributed by atoms with Gasteiger partial charge in [0.05, 0.1) is 13.0 Å². The maximum absolute atomic E-state index is 13.4. The molecule has 6 heteroatoms. The number of allylic oxidation sites excluding steroid dienone is 2. The zero-order valence-electron chi connectivity index (χ0n) is 18.3. The van der Waals surface area contributed by atoms with Gasteiger partial charge in [0.2, 0.25) is 0 Å². The van der Waals surface area contributed by atoms with Crippen molar-refractivity contribution in [1.29, 1.82) is 0 Å². The van der Waals surface area contributed by atoms with Crippen LogP contribution in [0.3, 0.4) is 0 Å². The van der Waals surface area contributed by atoms with Crippen LogP contribution in [0.5, 0.6) is 0 Å². The molecule has 160 valence electrons. The van der Waals surface area contributed by atoms with Gasteiger partial charge in [0.15, 0.2) is 5.78 Å². The fourth-order valence-corrected chi connectivity index (χ4v) is 4.98. The van der Waals surface area contributed by atoms with Crippen molar-refractivity contribution < 1.29 is 23.8 Å². The fraction of sp³-hybridized carbons (Fsp3) is 0.818. The van der Waals surface area contributed by atoms with Crippen molar-refractivity contribution in [1.82, 2.24) is 0 Å². The average molecular weight is 411 g/mol. The molecule has 2 rings (SSSR count). The zero-order valence-corrected chi connectivity index (χ0v) is 19.3. The highest BCUT2D eigenvalue weighted by Crippen LogP contribution is 2.45. The van der Waals surface area contributed by atoms with E-state index < -0.39 is 14.2 Å². The molecule has 0 aromatic heterocycles. The summed E-state index contributed by atoms with van der Waals surface area (Å²) in [6.45, 7) is 12.0. The number of ether oxygens (including phenoxy) is 3. The van der Waals surface area contributed by atoms with Gasteiger partial charge in [0.25, 0.3) is 0 Å². The summed E-state index contributed by atoms with van der Waals surface area (Å²) in [6.07, 6.45) is 6.30. The monoisotopic (exact) mass is 410 g/mol. The lowest BCUT2D eigenvalue weighted by atomic mass is 9.65. The van der Waals surface area contributed by atoms with Gasteiger partial charge in [-0.1, -0.05) is 38.2 Å². The molecule has 2 bridgehead atoms. The highest BCUT2D eigenvalue weighted by atomic mass is 28.3. The van der Waals surface area contributed by atoms with Gasteiger partial charge in [0.1, 0.15) is 12.9 Å². The van der Waals surface area contributed by atoms with Crippen molar-refractivity contribution >= 4 is 19.8 Å². The maximum Gasteiger partial charge on any atom is 0.306 e. The Kier molecular flexibility index (Phi) is 8.46. The Labute approximate surface area is 171 Å². The minimum atomic E-state index is -1.15. The first kappa shape index (κ1) is 23.3. The van der Waals surface area contributed by atoms with E-state index in [4.69, 9.17) is 14.2 Å². The van der Waals surface area contributed by atoms with Crippen LogP contribution in [0.25, 0.3) is 0 Å². The van der Waals surface area contributed by atoms with Gasteiger partial charge in [-0.05, 0) is 45.1 Å². The van der Waals surface area contributed by atoms with Gasteiger partial charge in [-0.15, -0.1) is 0 Å². The van der Waals surface area contributed by atoms with Crippen molar-refractivity contribution in [3.05, 3.63) is 11.6 Å². The highest BCUT2D eigenvalue weighted by molar-refractivity contribution is 6.76. The molecule has 0 heterocycles. The average Bonchev–Trinajstić information content (AvgIpc) is 2.59. The lowest BCUT2D eigenvalue weighted by molar-refractivity contribution is -0.165. The van der Waals surface area contributed by atoms with E-state index in [1.165, 1.54) is 5.57 Å². The molecule has 0 saturated heterocycles. The van der Waals surface area contributed by atoms with Gasteiger partial charge in [-0.3, -0.25) is 9.59 Å². The molecule has 5 nitrogen and oxygen atoms in total. The van der Waals surface area contributed by atoms with Crippen molar-refractivity contribution in [3.63, 3.8) is 0 Å². The first-order valence-corrected chi connectivity index (χ1v) is 14.4. The van der Waals surface area contributed by atoms with E-state index in [0.717, 1.165) is 31.7 Å². The molecule has 1 saturated carbocycles. The molecule has 0 unspecified atom stereocenters. The molecule has 0 aromatic carbocycles. The summed E-state index contributed by atoms with van der Waals surface area (Å²) in [5.41, 5.74) is 1.17. The van der Waals surface area contributed by atoms with Crippen LogP contribution in [0, 0.1) is 11.3 Å². The summed E-state index contributed by atoms with van der Waals surface area (Å²) >= 11 is 0. The number of esters is 1. The van der Waals surface area contributed by atoms with Gasteiger partial charge in [-0.2, -0.15) is 0 Å². The minimum absolute atomic E-state index is 0.0466. The molecular weight excluding hydrogens is 372 g/mol. The number of hydrogen-bond donors (Lipinski definition) is 0. The van der Waals surface area contributed by atoms with Crippen molar-refractivity contribution in [3.8, 4) is 0 Å². The molecule has 28 heavy (non-hydrogen) atoms. The van der Waals surface area contributed by atoms with Crippen LogP contribution in [0.2, 0.25) is 25.7 Å². The van der Waals surface area contributed by atoms with Gasteiger partial charge >= 0.3 is 5.97 Å². The molecule has 0 aliphatic heterocycles. The summed E-state index contributed by atoms with van der Waals surface area (Å²) in [5.74, 6) is -0.590. The predicted molar refractivity (Wildman–Crippen MR) is 113 cm³/mol. The molecule has 0 radical (unpaired) electrons. The number of carbonyl (C=O) groups is 2. The Bertz CT molecular complexity index is 580. The highest BCUT2D eigenvalue weighted by Gasteiger charge is 2.45. The van der Waals surface area contributed by atoms with E-state index in [9.17, 15) is 9.59 Å². The van der Waals surface area contributed by atoms with Crippen LogP contribution in [-0.4, -0.2) is 45.9 Å². The summed E-state index contributed by atoms with van der Waals surface area (Å²) in [6, 6.07) is 1.07. The molecule has 0 amide bonds. The summed E-state index contributed by atoms with van der Waals surface area (Å²) in [7, 11) is -1.15. The SMILES string of the molecule is CCOC(=O)C[C@@H]1CCC2=CCC[C@](C)(C2)[C@@H](OCOCC[Si](C)(C)C)C1=O. The number of ketones is 1. The Morgan fingerprint density at radius 2 is 2.07 bits per heavy atom. The van der Waals surface area contributed by atoms with Crippen LogP contribution in [0.1, 0.15) is 52.4 Å². The third-order valence-corrected chi connectivity index (χ3v) is 7.62. The number of fused-ring (bicyclic) bond motifs is 2. The Morgan fingerprint density at radius 3 is 2.75 bits per heavy atom. The van der Waals surface area contributed by atoms with E-state index in [0.29, 0.717) is 19.6 Å². The first-order chi connectivity index (χ1) is 13.1. The van der Waals surface area contributed by atoms with E-state index in [-0.39, 0.29) is 36.3 Å². The Hall–Kier alpha value is -0.983. The van der Waals surface area contributed by atoms with Crippen LogP contribution >= 0.6 is 0 Å². The summed E-state index contributed by atoms with van der Waals surface area (Å²) in [5, 5.41) is 0. The minimum Gasteiger partial charge on any atom is -0.466 e. The lowest BCUT2D eigenvalue weighted by Gasteiger charge is -2.42. The molecule has 2 aliphatic carbocycles. The van der Waals surface area contributed by atoms with Gasteiger partial charge in [0, 0.05) is 26.0 Å². The number of carbonyl (C=O) groups excluding carboxylic acids is 2. The van der Waals surface area contributed by atoms with Crippen molar-refractivity contribution in [2.75, 3.05) is 20.0 Å². The molecule has 0 spiro atoms. The van der Waals surface area contributed by atoms with Crippen LogP contribution in [0.15, 0.2) is 11.6 Å². The zero-order chi connectivity index (χ0) is 20.8. The largest absolute Gasteiger partial charge is 0.466 e. The van der Waals surface area contributed by atoms with Gasteiger partial charge < -0.3 is 14.2 Å². The first-order valence-electron chi connectivity index (χ1n) is 10.7. The van der Waals surface area contributed by atoms with Crippen LogP contribution < -0.4 is 0 Å². The second kappa shape index (κ2) is 10.2. The summed E-state index contributed by atoms with van der Waals surface area (Å²) < 4.78 is 16.9. The molecular formula is C22H38O5Si. The molecule has 1 fully saturated rings. The third kappa shape index (κ3) is 6.81. The van der Waals surface area contributed by atoms with E-state index in [2.05, 4.69) is 32.6 Å². The van der Waals surface area contributed by atoms with Crippen molar-refractivity contribution in [2.45, 2.75) is 84.2 Å². The maximum atomic E-state index is 13.4. The lowest BCUT2D eigenvalue weighted by Crippen LogP contribution is -2.47. The molecule has 2 aliphatic rings. The fourth-order valence-electron chi connectivity index (χ4n) is 4.22. The van der Waals surface area contributed by atoms with Crippen LogP contribution in [0.4, 0.5) is 0 Å². The number of hydrogen-bond acceptors (Lipinski definition) is 5. The molecule has 0 aromatic rings. The topological polar surface area (TPSA) is 61.8 Å². The van der Waals surface area contributed by atoms with E-state index >= 15 is 0 Å². The molecule has 3 atom stereocenters. The smallest absolute Gasteiger partial charge is 0.306 e. The third-order valence-electron chi connectivity index (χ3n) is 5.92.